The third-order valence-corrected chi connectivity index (χ3v) is 3.69. The normalized spacial score (nSPS) is 13.1. The molecule has 0 spiro atoms. The van der Waals surface area contributed by atoms with E-state index >= 15 is 0 Å². The molecule has 0 amide bonds. The summed E-state index contributed by atoms with van der Waals surface area (Å²) in [7, 11) is 0. The predicted octanol–water partition coefficient (Wildman–Crippen LogP) is 2.93. The zero-order valence-corrected chi connectivity index (χ0v) is 11.7. The summed E-state index contributed by atoms with van der Waals surface area (Å²) < 4.78 is 0. The Kier molecular flexibility index (Phi) is 3.90. The van der Waals surface area contributed by atoms with Gasteiger partial charge in [0.15, 0.2) is 0 Å². The van der Waals surface area contributed by atoms with Crippen molar-refractivity contribution < 1.29 is 5.21 Å². The van der Waals surface area contributed by atoms with Crippen molar-refractivity contribution in [2.75, 3.05) is 6.54 Å². The molecule has 3 N–H and O–H groups in total. The van der Waals surface area contributed by atoms with Crippen molar-refractivity contribution in [3.05, 3.63) is 36.0 Å². The summed E-state index contributed by atoms with van der Waals surface area (Å²) in [5, 5.41) is 16.8. The fourth-order valence-electron chi connectivity index (χ4n) is 2.10. The number of H-pyrrole nitrogens is 1. The average molecular weight is 259 g/mol. The van der Waals surface area contributed by atoms with Crippen LogP contribution in [0.25, 0.3) is 10.9 Å². The molecule has 0 bridgehead atoms. The van der Waals surface area contributed by atoms with Crippen molar-refractivity contribution in [1.82, 2.24) is 10.3 Å². The summed E-state index contributed by atoms with van der Waals surface area (Å²) >= 11 is 0. The molecule has 0 saturated heterocycles. The van der Waals surface area contributed by atoms with E-state index in [4.69, 9.17) is 5.21 Å². The summed E-state index contributed by atoms with van der Waals surface area (Å²) in [6.07, 6.45) is 3.00. The molecule has 1 aromatic heterocycles. The quantitative estimate of drug-likeness (QED) is 0.439. The van der Waals surface area contributed by atoms with Gasteiger partial charge >= 0.3 is 0 Å². The molecular weight excluding hydrogens is 238 g/mol. The van der Waals surface area contributed by atoms with Gasteiger partial charge in [-0.25, -0.2) is 0 Å². The van der Waals surface area contributed by atoms with Crippen LogP contribution in [0.5, 0.6) is 0 Å². The van der Waals surface area contributed by atoms with Crippen LogP contribution in [-0.2, 0) is 6.42 Å². The minimum atomic E-state index is -0.291. The number of fused-ring (bicyclic) bond motifs is 1. The van der Waals surface area contributed by atoms with Crippen molar-refractivity contribution in [2.45, 2.75) is 32.7 Å². The second kappa shape index (κ2) is 5.45. The molecule has 1 aromatic carbocycles. The highest BCUT2D eigenvalue weighted by Gasteiger charge is 2.21. The van der Waals surface area contributed by atoms with Gasteiger partial charge in [-0.1, -0.05) is 23.4 Å². The first-order chi connectivity index (χ1) is 9.04. The molecule has 0 unspecified atom stereocenters. The molecular formula is C15H21N3O. The summed E-state index contributed by atoms with van der Waals surface area (Å²) in [6, 6.07) is 8.30. The molecule has 2 rings (SSSR count). The number of hydrogen-bond acceptors (Lipinski definition) is 3. The van der Waals surface area contributed by atoms with Crippen molar-refractivity contribution in [3.8, 4) is 0 Å². The van der Waals surface area contributed by atoms with Crippen LogP contribution in [0.2, 0.25) is 0 Å². The van der Waals surface area contributed by atoms with Crippen LogP contribution in [0.1, 0.15) is 26.3 Å². The first-order valence-electron chi connectivity index (χ1n) is 6.54. The maximum atomic E-state index is 8.84. The molecule has 0 aliphatic carbocycles. The molecule has 102 valence electrons. The van der Waals surface area contributed by atoms with E-state index in [-0.39, 0.29) is 5.54 Å². The number of aromatic nitrogens is 1. The Bertz CT molecular complexity index is 584. The highest BCUT2D eigenvalue weighted by Crippen LogP contribution is 2.18. The Morgan fingerprint density at radius 1 is 1.37 bits per heavy atom. The lowest BCUT2D eigenvalue weighted by Gasteiger charge is -2.25. The van der Waals surface area contributed by atoms with E-state index < -0.39 is 0 Å². The molecule has 2 aromatic rings. The Hall–Kier alpha value is -1.81. The lowest BCUT2D eigenvalue weighted by Crippen LogP contribution is -2.46. The summed E-state index contributed by atoms with van der Waals surface area (Å²) in [5.41, 5.74) is 2.87. The first kappa shape index (κ1) is 13.6. The van der Waals surface area contributed by atoms with Crippen LogP contribution in [0.3, 0.4) is 0 Å². The van der Waals surface area contributed by atoms with Gasteiger partial charge in [-0.05, 0) is 38.8 Å². The van der Waals surface area contributed by atoms with Crippen molar-refractivity contribution in [1.29, 1.82) is 0 Å². The molecule has 0 fully saturated rings. The average Bonchev–Trinajstić information content (AvgIpc) is 2.81. The van der Waals surface area contributed by atoms with E-state index in [0.717, 1.165) is 13.0 Å². The van der Waals surface area contributed by atoms with E-state index in [0.29, 0.717) is 5.71 Å². The third-order valence-electron chi connectivity index (χ3n) is 3.69. The van der Waals surface area contributed by atoms with E-state index in [1.54, 1.807) is 0 Å². The number of rotatable bonds is 5. The molecule has 19 heavy (non-hydrogen) atoms. The number of aromatic amines is 1. The largest absolute Gasteiger partial charge is 0.411 e. The molecule has 4 heteroatoms. The number of benzene rings is 1. The third kappa shape index (κ3) is 2.96. The van der Waals surface area contributed by atoms with E-state index in [1.165, 1.54) is 16.5 Å². The molecule has 1 heterocycles. The molecule has 0 aliphatic heterocycles. The topological polar surface area (TPSA) is 60.4 Å². The van der Waals surface area contributed by atoms with Gasteiger partial charge in [0.2, 0.25) is 0 Å². The number of nitrogens with zero attached hydrogens (tertiary/aromatic N) is 1. The van der Waals surface area contributed by atoms with Gasteiger partial charge < -0.3 is 15.5 Å². The van der Waals surface area contributed by atoms with Crippen LogP contribution in [0.15, 0.2) is 35.6 Å². The predicted molar refractivity (Wildman–Crippen MR) is 79.0 cm³/mol. The Balaban J connectivity index is 2.00. The number of para-hydroxylation sites is 1. The monoisotopic (exact) mass is 259 g/mol. The maximum Gasteiger partial charge on any atom is 0.0734 e. The molecule has 4 nitrogen and oxygen atoms in total. The van der Waals surface area contributed by atoms with Gasteiger partial charge in [0.25, 0.3) is 0 Å². The van der Waals surface area contributed by atoms with Crippen LogP contribution < -0.4 is 5.32 Å². The second-order valence-corrected chi connectivity index (χ2v) is 5.35. The van der Waals surface area contributed by atoms with E-state index in [1.807, 2.05) is 26.8 Å². The molecule has 0 atom stereocenters. The summed E-state index contributed by atoms with van der Waals surface area (Å²) in [4.78, 5) is 3.28. The smallest absolute Gasteiger partial charge is 0.0734 e. The highest BCUT2D eigenvalue weighted by atomic mass is 16.4. The van der Waals surface area contributed by atoms with Crippen molar-refractivity contribution in [2.24, 2.45) is 5.16 Å². The Morgan fingerprint density at radius 3 is 2.84 bits per heavy atom. The fraction of sp³-hybridized carbons (Fsp3) is 0.400. The molecule has 0 radical (unpaired) electrons. The first-order valence-corrected chi connectivity index (χ1v) is 6.54. The van der Waals surface area contributed by atoms with Gasteiger partial charge in [-0.15, -0.1) is 0 Å². The van der Waals surface area contributed by atoms with Gasteiger partial charge in [0, 0.05) is 23.6 Å². The summed E-state index contributed by atoms with van der Waals surface area (Å²) in [5.74, 6) is 0. The van der Waals surface area contributed by atoms with Gasteiger partial charge in [0.1, 0.15) is 0 Å². The van der Waals surface area contributed by atoms with Crippen LogP contribution in [-0.4, -0.2) is 28.0 Å². The van der Waals surface area contributed by atoms with Crippen molar-refractivity contribution >= 4 is 16.6 Å². The van der Waals surface area contributed by atoms with Gasteiger partial charge in [0.05, 0.1) is 11.3 Å². The number of oxime groups is 1. The molecule has 0 aliphatic rings. The number of hydrogen-bond donors (Lipinski definition) is 3. The fourth-order valence-corrected chi connectivity index (χ4v) is 2.10. The zero-order valence-electron chi connectivity index (χ0n) is 11.7. The number of nitrogens with one attached hydrogen (secondary N) is 2. The van der Waals surface area contributed by atoms with E-state index in [9.17, 15) is 0 Å². The van der Waals surface area contributed by atoms with Crippen molar-refractivity contribution in [3.63, 3.8) is 0 Å². The minimum absolute atomic E-state index is 0.291. The summed E-state index contributed by atoms with van der Waals surface area (Å²) in [6.45, 7) is 6.68. The van der Waals surface area contributed by atoms with Crippen LogP contribution >= 0.6 is 0 Å². The standard InChI is InChI=1S/C15H21N3O/c1-11(18-19)15(2,3)17-9-8-12-10-16-14-7-5-4-6-13(12)14/h4-7,10,16-17,19H,8-9H2,1-3H3. The molecule has 0 saturated carbocycles. The highest BCUT2D eigenvalue weighted by molar-refractivity contribution is 5.90. The lowest BCUT2D eigenvalue weighted by atomic mass is 9.99. The Morgan fingerprint density at radius 2 is 2.11 bits per heavy atom. The van der Waals surface area contributed by atoms with Gasteiger partial charge in [-0.3, -0.25) is 0 Å². The van der Waals surface area contributed by atoms with E-state index in [2.05, 4.69) is 39.9 Å². The SMILES string of the molecule is CC(=NO)C(C)(C)NCCc1c[nH]c2ccccc12. The zero-order chi connectivity index (χ0) is 13.9. The minimum Gasteiger partial charge on any atom is -0.411 e. The van der Waals surface area contributed by atoms with Crippen LogP contribution in [0, 0.1) is 0 Å². The second-order valence-electron chi connectivity index (χ2n) is 5.35. The Labute approximate surface area is 113 Å². The van der Waals surface area contributed by atoms with Gasteiger partial charge in [-0.2, -0.15) is 0 Å². The van der Waals surface area contributed by atoms with Crippen LogP contribution in [0.4, 0.5) is 0 Å². The maximum absolute atomic E-state index is 8.84. The lowest BCUT2D eigenvalue weighted by molar-refractivity contribution is 0.310.